The first-order valence-electron chi connectivity index (χ1n) is 6.32. The van der Waals surface area contributed by atoms with E-state index in [4.69, 9.17) is 17.0 Å². The molecule has 0 aliphatic carbocycles. The maximum absolute atomic E-state index is 11.2. The fraction of sp³-hybridized carbons (Fsp3) is 0.143. The van der Waals surface area contributed by atoms with Crippen molar-refractivity contribution >= 4 is 29.2 Å². The smallest absolute Gasteiger partial charge is 0.413 e. The van der Waals surface area contributed by atoms with Gasteiger partial charge in [-0.05, 0) is 43.4 Å². The SMILES string of the molecule is CCOC(=O)NC(=S)Nc1cccc(-c2ccccn2)n1. The summed E-state index contributed by atoms with van der Waals surface area (Å²) in [5, 5.41) is 5.34. The minimum Gasteiger partial charge on any atom is -0.450 e. The van der Waals surface area contributed by atoms with Crippen LogP contribution in [0.3, 0.4) is 0 Å². The molecule has 2 rings (SSSR count). The largest absolute Gasteiger partial charge is 0.450 e. The molecule has 1 amide bonds. The first-order valence-corrected chi connectivity index (χ1v) is 6.73. The van der Waals surface area contributed by atoms with Crippen LogP contribution in [-0.2, 0) is 4.74 Å². The molecule has 0 atom stereocenters. The number of carbonyl (C=O) groups excluding carboxylic acids is 1. The molecule has 0 aliphatic rings. The van der Waals surface area contributed by atoms with Crippen LogP contribution in [0.1, 0.15) is 6.92 Å². The lowest BCUT2D eigenvalue weighted by Gasteiger charge is -2.09. The van der Waals surface area contributed by atoms with Crippen molar-refractivity contribution in [1.82, 2.24) is 15.3 Å². The first-order chi connectivity index (χ1) is 10.2. The summed E-state index contributed by atoms with van der Waals surface area (Å²) in [6.07, 6.45) is 1.10. The first kappa shape index (κ1) is 14.9. The molecule has 2 N–H and O–H groups in total. The van der Waals surface area contributed by atoms with E-state index >= 15 is 0 Å². The van der Waals surface area contributed by atoms with E-state index in [1.165, 1.54) is 0 Å². The Hall–Kier alpha value is -2.54. The Kier molecular flexibility index (Phi) is 5.16. The molecule has 0 saturated heterocycles. The van der Waals surface area contributed by atoms with Crippen LogP contribution < -0.4 is 10.6 Å². The van der Waals surface area contributed by atoms with E-state index in [1.54, 1.807) is 19.2 Å². The van der Waals surface area contributed by atoms with Gasteiger partial charge in [0.2, 0.25) is 0 Å². The molecule has 7 heteroatoms. The third kappa shape index (κ3) is 4.50. The number of amides is 1. The number of carbonyl (C=O) groups is 1. The average molecular weight is 302 g/mol. The summed E-state index contributed by atoms with van der Waals surface area (Å²) in [6.45, 7) is 2.00. The van der Waals surface area contributed by atoms with Gasteiger partial charge < -0.3 is 10.1 Å². The molecular formula is C14H14N4O2S. The lowest BCUT2D eigenvalue weighted by molar-refractivity contribution is 0.158. The average Bonchev–Trinajstić information content (AvgIpc) is 2.48. The molecule has 0 fully saturated rings. The minimum absolute atomic E-state index is 0.124. The van der Waals surface area contributed by atoms with E-state index in [2.05, 4.69) is 20.6 Å². The van der Waals surface area contributed by atoms with Crippen LogP contribution in [0.4, 0.5) is 10.6 Å². The van der Waals surface area contributed by atoms with E-state index in [9.17, 15) is 4.79 Å². The summed E-state index contributed by atoms with van der Waals surface area (Å²) >= 11 is 5.01. The lowest BCUT2D eigenvalue weighted by Crippen LogP contribution is -2.34. The molecule has 2 aromatic rings. The molecule has 0 aliphatic heterocycles. The van der Waals surface area contributed by atoms with Gasteiger partial charge in [0.1, 0.15) is 5.82 Å². The topological polar surface area (TPSA) is 76.1 Å². The highest BCUT2D eigenvalue weighted by atomic mass is 32.1. The number of nitrogens with zero attached hydrogens (tertiary/aromatic N) is 2. The van der Waals surface area contributed by atoms with Crippen molar-refractivity contribution in [3.8, 4) is 11.4 Å². The normalized spacial score (nSPS) is 9.76. The summed E-state index contributed by atoms with van der Waals surface area (Å²) in [5.74, 6) is 0.514. The van der Waals surface area contributed by atoms with E-state index in [0.717, 1.165) is 5.69 Å². The molecule has 108 valence electrons. The zero-order valence-electron chi connectivity index (χ0n) is 11.4. The molecule has 6 nitrogen and oxygen atoms in total. The number of aromatic nitrogens is 2. The molecule has 0 radical (unpaired) electrons. The van der Waals surface area contributed by atoms with Crippen molar-refractivity contribution in [1.29, 1.82) is 0 Å². The Balaban J connectivity index is 2.05. The number of pyridine rings is 2. The Morgan fingerprint density at radius 2 is 2.05 bits per heavy atom. The van der Waals surface area contributed by atoms with E-state index in [0.29, 0.717) is 11.5 Å². The molecule has 2 aromatic heterocycles. The van der Waals surface area contributed by atoms with Gasteiger partial charge in [-0.25, -0.2) is 9.78 Å². The van der Waals surface area contributed by atoms with E-state index in [1.807, 2.05) is 30.3 Å². The second-order valence-corrected chi connectivity index (χ2v) is 4.33. The molecule has 0 aromatic carbocycles. The van der Waals surface area contributed by atoms with Gasteiger partial charge in [-0.3, -0.25) is 10.3 Å². The summed E-state index contributed by atoms with van der Waals surface area (Å²) < 4.78 is 4.74. The van der Waals surface area contributed by atoms with Crippen LogP contribution in [0.15, 0.2) is 42.6 Å². The standard InChI is InChI=1S/C14H14N4O2S/c1-2-20-14(19)18-13(21)17-12-8-5-7-11(16-12)10-6-3-4-9-15-10/h3-9H,2H2,1H3,(H2,16,17,18,19,21). The maximum Gasteiger partial charge on any atom is 0.413 e. The van der Waals surface area contributed by atoms with Crippen LogP contribution in [0.25, 0.3) is 11.4 Å². The van der Waals surface area contributed by atoms with Crippen LogP contribution in [-0.4, -0.2) is 27.8 Å². The van der Waals surface area contributed by atoms with Gasteiger partial charge in [-0.1, -0.05) is 12.1 Å². The van der Waals surface area contributed by atoms with Crippen molar-refractivity contribution in [2.75, 3.05) is 11.9 Å². The zero-order valence-corrected chi connectivity index (χ0v) is 12.2. The Labute approximate surface area is 127 Å². The number of anilines is 1. The second-order valence-electron chi connectivity index (χ2n) is 3.92. The van der Waals surface area contributed by atoms with Gasteiger partial charge >= 0.3 is 6.09 Å². The zero-order chi connectivity index (χ0) is 15.1. The molecule has 0 unspecified atom stereocenters. The highest BCUT2D eigenvalue weighted by Crippen LogP contribution is 2.15. The number of nitrogens with one attached hydrogen (secondary N) is 2. The van der Waals surface area contributed by atoms with E-state index < -0.39 is 6.09 Å². The quantitative estimate of drug-likeness (QED) is 0.849. The number of hydrogen-bond donors (Lipinski definition) is 2. The summed E-state index contributed by atoms with van der Waals surface area (Å²) in [6, 6.07) is 11.0. The van der Waals surface area contributed by atoms with Gasteiger partial charge in [0.15, 0.2) is 5.11 Å². The summed E-state index contributed by atoms with van der Waals surface area (Å²) in [5.41, 5.74) is 1.46. The highest BCUT2D eigenvalue weighted by Gasteiger charge is 2.06. The number of thiocarbonyl (C=S) groups is 1. The Bertz CT molecular complexity index is 634. The van der Waals surface area contributed by atoms with Gasteiger partial charge in [0.25, 0.3) is 0 Å². The van der Waals surface area contributed by atoms with Crippen molar-refractivity contribution in [3.05, 3.63) is 42.6 Å². The van der Waals surface area contributed by atoms with Crippen LogP contribution in [0, 0.1) is 0 Å². The minimum atomic E-state index is -0.601. The number of hydrogen-bond acceptors (Lipinski definition) is 5. The third-order valence-electron chi connectivity index (χ3n) is 2.41. The number of rotatable bonds is 3. The van der Waals surface area contributed by atoms with Gasteiger partial charge in [-0.15, -0.1) is 0 Å². The van der Waals surface area contributed by atoms with Gasteiger partial charge in [0, 0.05) is 6.20 Å². The molecule has 0 spiro atoms. The van der Waals surface area contributed by atoms with Gasteiger partial charge in [-0.2, -0.15) is 0 Å². The molecule has 2 heterocycles. The predicted molar refractivity (Wildman–Crippen MR) is 83.8 cm³/mol. The Morgan fingerprint density at radius 3 is 2.76 bits per heavy atom. The monoisotopic (exact) mass is 302 g/mol. The fourth-order valence-corrected chi connectivity index (χ4v) is 1.76. The van der Waals surface area contributed by atoms with Crippen LogP contribution in [0.2, 0.25) is 0 Å². The van der Waals surface area contributed by atoms with Crippen molar-refractivity contribution in [3.63, 3.8) is 0 Å². The fourth-order valence-electron chi connectivity index (χ4n) is 1.57. The highest BCUT2D eigenvalue weighted by molar-refractivity contribution is 7.80. The molecule has 0 saturated carbocycles. The predicted octanol–water partition coefficient (Wildman–Crippen LogP) is 2.59. The number of alkyl carbamates (subject to hydrolysis) is 1. The van der Waals surface area contributed by atoms with Crippen LogP contribution >= 0.6 is 12.2 Å². The third-order valence-corrected chi connectivity index (χ3v) is 2.61. The Morgan fingerprint density at radius 1 is 1.24 bits per heavy atom. The lowest BCUT2D eigenvalue weighted by atomic mass is 10.2. The van der Waals surface area contributed by atoms with E-state index in [-0.39, 0.29) is 11.7 Å². The van der Waals surface area contributed by atoms with Crippen molar-refractivity contribution < 1.29 is 9.53 Å². The van der Waals surface area contributed by atoms with Gasteiger partial charge in [0.05, 0.1) is 18.0 Å². The number of ether oxygens (including phenoxy) is 1. The summed E-state index contributed by atoms with van der Waals surface area (Å²) in [7, 11) is 0. The molecule has 21 heavy (non-hydrogen) atoms. The van der Waals surface area contributed by atoms with Crippen molar-refractivity contribution in [2.24, 2.45) is 0 Å². The summed E-state index contributed by atoms with van der Waals surface area (Å²) in [4.78, 5) is 19.9. The van der Waals surface area contributed by atoms with Crippen LogP contribution in [0.5, 0.6) is 0 Å². The second kappa shape index (κ2) is 7.30. The molecular weight excluding hydrogens is 288 g/mol. The van der Waals surface area contributed by atoms with Crippen molar-refractivity contribution in [2.45, 2.75) is 6.92 Å². The maximum atomic E-state index is 11.2. The molecule has 0 bridgehead atoms.